The summed E-state index contributed by atoms with van der Waals surface area (Å²) in [4.78, 5) is 4.39. The molecule has 1 aliphatic heterocycles. The van der Waals surface area contributed by atoms with Crippen LogP contribution in [0.3, 0.4) is 0 Å². The normalized spacial score (nSPS) is 31.9. The largest absolute Gasteiger partial charge is 0.334 e. The fraction of sp³-hybridized carbons (Fsp3) is 0.667. The van der Waals surface area contributed by atoms with Crippen molar-refractivity contribution in [1.82, 2.24) is 14.9 Å². The number of imidazole rings is 1. The first kappa shape index (κ1) is 12.0. The third kappa shape index (κ3) is 2.24. The molecule has 1 aliphatic carbocycles. The molecule has 0 aromatic carbocycles. The molecule has 2 atom stereocenters. The molecule has 1 aromatic rings. The Morgan fingerprint density at radius 3 is 3.17 bits per heavy atom. The highest BCUT2D eigenvalue weighted by Crippen LogP contribution is 2.31. The molecule has 3 heteroatoms. The van der Waals surface area contributed by atoms with Crippen molar-refractivity contribution in [2.24, 2.45) is 5.92 Å². The van der Waals surface area contributed by atoms with Crippen molar-refractivity contribution >= 4 is 0 Å². The Morgan fingerprint density at radius 1 is 1.50 bits per heavy atom. The number of hydrogen-bond donors (Lipinski definition) is 1. The maximum Gasteiger partial charge on any atom is 0.0948 e. The molecule has 0 saturated carbocycles. The van der Waals surface area contributed by atoms with E-state index in [0.717, 1.165) is 25.6 Å². The van der Waals surface area contributed by atoms with Crippen LogP contribution < -0.4 is 5.32 Å². The van der Waals surface area contributed by atoms with Crippen LogP contribution in [0.25, 0.3) is 0 Å². The van der Waals surface area contributed by atoms with E-state index in [1.54, 1.807) is 0 Å². The maximum atomic E-state index is 4.39. The van der Waals surface area contributed by atoms with Crippen molar-refractivity contribution in [3.8, 4) is 0 Å². The molecule has 1 fully saturated rings. The van der Waals surface area contributed by atoms with Crippen molar-refractivity contribution in [3.05, 3.63) is 30.4 Å². The molecular formula is C15H23N3. The summed E-state index contributed by atoms with van der Waals surface area (Å²) >= 11 is 0. The van der Waals surface area contributed by atoms with Crippen LogP contribution in [0.5, 0.6) is 0 Å². The van der Waals surface area contributed by atoms with E-state index in [0.29, 0.717) is 0 Å². The van der Waals surface area contributed by atoms with E-state index >= 15 is 0 Å². The van der Waals surface area contributed by atoms with Crippen LogP contribution in [-0.4, -0.2) is 22.6 Å². The number of hydrogen-bond acceptors (Lipinski definition) is 2. The molecule has 1 aromatic heterocycles. The highest BCUT2D eigenvalue weighted by molar-refractivity contribution is 5.17. The van der Waals surface area contributed by atoms with E-state index in [4.69, 9.17) is 0 Å². The molecule has 0 bridgehead atoms. The van der Waals surface area contributed by atoms with Gasteiger partial charge in [0, 0.05) is 30.4 Å². The predicted octanol–water partition coefficient (Wildman–Crippen LogP) is 2.49. The summed E-state index contributed by atoms with van der Waals surface area (Å²) < 4.78 is 2.40. The number of nitrogens with zero attached hydrogens (tertiary/aromatic N) is 2. The summed E-state index contributed by atoms with van der Waals surface area (Å²) in [7, 11) is 0. The van der Waals surface area contributed by atoms with Gasteiger partial charge < -0.3 is 9.88 Å². The second-order valence-electron chi connectivity index (χ2n) is 6.07. The van der Waals surface area contributed by atoms with Gasteiger partial charge in [0.1, 0.15) is 0 Å². The van der Waals surface area contributed by atoms with Gasteiger partial charge in [-0.3, -0.25) is 0 Å². The lowest BCUT2D eigenvalue weighted by Crippen LogP contribution is -2.29. The second kappa shape index (κ2) is 4.88. The van der Waals surface area contributed by atoms with Gasteiger partial charge in [-0.15, -0.1) is 0 Å². The van der Waals surface area contributed by atoms with E-state index in [-0.39, 0.29) is 5.41 Å². The molecule has 0 radical (unpaired) electrons. The molecule has 2 aliphatic rings. The van der Waals surface area contributed by atoms with E-state index < -0.39 is 0 Å². The lowest BCUT2D eigenvalue weighted by Gasteiger charge is -2.26. The summed E-state index contributed by atoms with van der Waals surface area (Å²) in [5, 5.41) is 3.48. The SMILES string of the molecule is CC1(c2cncn2CC2CC=CCC2)CCNC1. The molecule has 2 unspecified atom stereocenters. The van der Waals surface area contributed by atoms with Crippen LogP contribution >= 0.6 is 0 Å². The summed E-state index contributed by atoms with van der Waals surface area (Å²) in [6, 6.07) is 0. The van der Waals surface area contributed by atoms with Crippen molar-refractivity contribution in [3.63, 3.8) is 0 Å². The van der Waals surface area contributed by atoms with Crippen molar-refractivity contribution in [2.45, 2.75) is 44.6 Å². The molecule has 3 nitrogen and oxygen atoms in total. The van der Waals surface area contributed by atoms with Crippen LogP contribution in [0.15, 0.2) is 24.7 Å². The van der Waals surface area contributed by atoms with Gasteiger partial charge in [0.25, 0.3) is 0 Å². The molecule has 3 rings (SSSR count). The fourth-order valence-corrected chi connectivity index (χ4v) is 3.30. The lowest BCUT2D eigenvalue weighted by atomic mass is 9.86. The van der Waals surface area contributed by atoms with Crippen LogP contribution in [0.1, 0.15) is 38.3 Å². The quantitative estimate of drug-likeness (QED) is 0.829. The predicted molar refractivity (Wildman–Crippen MR) is 73.5 cm³/mol. The molecule has 18 heavy (non-hydrogen) atoms. The Hall–Kier alpha value is -1.09. The summed E-state index contributed by atoms with van der Waals surface area (Å²) in [6.45, 7) is 5.72. The van der Waals surface area contributed by atoms with Gasteiger partial charge in [0.15, 0.2) is 0 Å². The first-order valence-electron chi connectivity index (χ1n) is 7.14. The minimum atomic E-state index is 0.279. The number of allylic oxidation sites excluding steroid dienone is 2. The molecule has 1 saturated heterocycles. The zero-order valence-corrected chi connectivity index (χ0v) is 11.2. The average molecular weight is 245 g/mol. The standard InChI is InChI=1S/C15H23N3/c1-15(7-8-16-11-15)14-9-17-12-18(14)10-13-5-3-2-4-6-13/h2-3,9,12-13,16H,4-8,10-11H2,1H3. The van der Waals surface area contributed by atoms with Gasteiger partial charge in [0.2, 0.25) is 0 Å². The van der Waals surface area contributed by atoms with Crippen molar-refractivity contribution in [1.29, 1.82) is 0 Å². The summed E-state index contributed by atoms with van der Waals surface area (Å²) in [6.07, 6.45) is 13.8. The number of rotatable bonds is 3. The maximum absolute atomic E-state index is 4.39. The van der Waals surface area contributed by atoms with Crippen LogP contribution in [0.2, 0.25) is 0 Å². The van der Waals surface area contributed by atoms with Crippen LogP contribution in [0.4, 0.5) is 0 Å². The third-order valence-electron chi connectivity index (χ3n) is 4.53. The van der Waals surface area contributed by atoms with Crippen molar-refractivity contribution in [2.75, 3.05) is 13.1 Å². The van der Waals surface area contributed by atoms with Gasteiger partial charge in [0.05, 0.1) is 6.33 Å². The van der Waals surface area contributed by atoms with Gasteiger partial charge in [-0.05, 0) is 38.1 Å². The minimum absolute atomic E-state index is 0.279. The molecule has 0 spiro atoms. The Kier molecular flexibility index (Phi) is 3.25. The summed E-state index contributed by atoms with van der Waals surface area (Å²) in [5.41, 5.74) is 1.70. The fourth-order valence-electron chi connectivity index (χ4n) is 3.30. The van der Waals surface area contributed by atoms with Crippen molar-refractivity contribution < 1.29 is 0 Å². The van der Waals surface area contributed by atoms with Crippen LogP contribution in [0, 0.1) is 5.92 Å². The van der Waals surface area contributed by atoms with E-state index in [9.17, 15) is 0 Å². The Morgan fingerprint density at radius 2 is 2.44 bits per heavy atom. The molecule has 98 valence electrons. The van der Waals surface area contributed by atoms with E-state index in [1.807, 2.05) is 6.33 Å². The first-order chi connectivity index (χ1) is 8.78. The minimum Gasteiger partial charge on any atom is -0.334 e. The van der Waals surface area contributed by atoms with Gasteiger partial charge in [-0.25, -0.2) is 4.98 Å². The van der Waals surface area contributed by atoms with Gasteiger partial charge >= 0.3 is 0 Å². The molecule has 2 heterocycles. The summed E-state index contributed by atoms with van der Waals surface area (Å²) in [5.74, 6) is 0.793. The second-order valence-corrected chi connectivity index (χ2v) is 6.07. The Labute approximate surface area is 109 Å². The molecule has 0 amide bonds. The number of aromatic nitrogens is 2. The first-order valence-corrected chi connectivity index (χ1v) is 7.14. The third-order valence-corrected chi connectivity index (χ3v) is 4.53. The molecular weight excluding hydrogens is 222 g/mol. The number of nitrogens with one attached hydrogen (secondary N) is 1. The molecule has 1 N–H and O–H groups in total. The van der Waals surface area contributed by atoms with Gasteiger partial charge in [-0.1, -0.05) is 19.1 Å². The lowest BCUT2D eigenvalue weighted by molar-refractivity contribution is 0.382. The van der Waals surface area contributed by atoms with Crippen LogP contribution in [-0.2, 0) is 12.0 Å². The van der Waals surface area contributed by atoms with E-state index in [1.165, 1.54) is 31.4 Å². The zero-order valence-electron chi connectivity index (χ0n) is 11.2. The smallest absolute Gasteiger partial charge is 0.0948 e. The Bertz CT molecular complexity index is 427. The highest BCUT2D eigenvalue weighted by Gasteiger charge is 2.33. The average Bonchev–Trinajstić information content (AvgIpc) is 3.00. The monoisotopic (exact) mass is 245 g/mol. The van der Waals surface area contributed by atoms with Gasteiger partial charge in [-0.2, -0.15) is 0 Å². The Balaban J connectivity index is 1.76. The highest BCUT2D eigenvalue weighted by atomic mass is 15.1. The van der Waals surface area contributed by atoms with E-state index in [2.05, 4.69) is 40.1 Å². The zero-order chi connectivity index (χ0) is 12.4. The topological polar surface area (TPSA) is 29.9 Å².